The van der Waals surface area contributed by atoms with E-state index in [2.05, 4.69) is 17.4 Å². The van der Waals surface area contributed by atoms with E-state index in [4.69, 9.17) is 16.0 Å². The highest BCUT2D eigenvalue weighted by molar-refractivity contribution is 6.30. The second-order valence-electron chi connectivity index (χ2n) is 4.88. The van der Waals surface area contributed by atoms with E-state index in [0.717, 1.165) is 17.3 Å². The minimum Gasteiger partial charge on any atom is -0.468 e. The summed E-state index contributed by atoms with van der Waals surface area (Å²) in [6.45, 7) is 0.819. The van der Waals surface area contributed by atoms with Crippen molar-refractivity contribution in [3.63, 3.8) is 0 Å². The molecule has 0 aliphatic heterocycles. The van der Waals surface area contributed by atoms with E-state index in [1.54, 1.807) is 6.26 Å². The smallest absolute Gasteiger partial charge is 0.117 e. The zero-order chi connectivity index (χ0) is 12.4. The average molecular weight is 262 g/mol. The van der Waals surface area contributed by atoms with Crippen molar-refractivity contribution >= 4 is 11.6 Å². The quantitative estimate of drug-likeness (QED) is 0.901. The molecule has 1 aromatic carbocycles. The summed E-state index contributed by atoms with van der Waals surface area (Å²) in [6, 6.07) is 12.7. The Morgan fingerprint density at radius 2 is 2.11 bits per heavy atom. The van der Waals surface area contributed by atoms with Crippen LogP contribution in [0.1, 0.15) is 30.1 Å². The van der Waals surface area contributed by atoms with Crippen LogP contribution in [0.25, 0.3) is 0 Å². The van der Waals surface area contributed by atoms with Gasteiger partial charge in [0.25, 0.3) is 0 Å². The van der Waals surface area contributed by atoms with Crippen molar-refractivity contribution in [2.24, 2.45) is 0 Å². The predicted octanol–water partition coefficient (Wildman–Crippen LogP) is 3.97. The molecule has 0 amide bonds. The highest BCUT2D eigenvalue weighted by Crippen LogP contribution is 2.37. The van der Waals surface area contributed by atoms with Crippen LogP contribution in [0.2, 0.25) is 5.02 Å². The van der Waals surface area contributed by atoms with Gasteiger partial charge in [-0.25, -0.2) is 0 Å². The number of furan rings is 1. The maximum absolute atomic E-state index is 6.01. The standard InChI is InChI=1S/C15H16ClNO/c16-13-4-1-3-11(7-13)12-8-14(9-12)17-10-15-5-2-6-18-15/h1-7,12,14,17H,8-10H2. The van der Waals surface area contributed by atoms with Gasteiger partial charge in [-0.05, 0) is 48.6 Å². The molecule has 94 valence electrons. The Hall–Kier alpha value is -1.25. The summed E-state index contributed by atoms with van der Waals surface area (Å²) < 4.78 is 5.30. The largest absolute Gasteiger partial charge is 0.468 e. The van der Waals surface area contributed by atoms with Crippen molar-refractivity contribution in [3.05, 3.63) is 59.0 Å². The van der Waals surface area contributed by atoms with E-state index >= 15 is 0 Å². The van der Waals surface area contributed by atoms with Gasteiger partial charge in [0, 0.05) is 11.1 Å². The number of halogens is 1. The molecular formula is C15H16ClNO. The second-order valence-corrected chi connectivity index (χ2v) is 5.32. The van der Waals surface area contributed by atoms with Gasteiger partial charge in [0.1, 0.15) is 5.76 Å². The summed E-state index contributed by atoms with van der Waals surface area (Å²) in [6.07, 6.45) is 4.08. The van der Waals surface area contributed by atoms with Crippen molar-refractivity contribution < 1.29 is 4.42 Å². The van der Waals surface area contributed by atoms with Crippen LogP contribution in [0.5, 0.6) is 0 Å². The van der Waals surface area contributed by atoms with Gasteiger partial charge in [-0.3, -0.25) is 0 Å². The maximum atomic E-state index is 6.01. The van der Waals surface area contributed by atoms with E-state index in [1.807, 2.05) is 24.3 Å². The van der Waals surface area contributed by atoms with E-state index in [1.165, 1.54) is 18.4 Å². The number of benzene rings is 1. The minimum absolute atomic E-state index is 0.596. The summed E-state index contributed by atoms with van der Waals surface area (Å²) in [5.41, 5.74) is 1.36. The molecule has 2 aromatic rings. The van der Waals surface area contributed by atoms with Crippen molar-refractivity contribution in [3.8, 4) is 0 Å². The van der Waals surface area contributed by atoms with E-state index in [0.29, 0.717) is 12.0 Å². The first-order chi connectivity index (χ1) is 8.81. The van der Waals surface area contributed by atoms with Crippen LogP contribution in [0.3, 0.4) is 0 Å². The third-order valence-electron chi connectivity index (χ3n) is 3.60. The van der Waals surface area contributed by atoms with Crippen molar-refractivity contribution in [1.82, 2.24) is 5.32 Å². The Labute approximate surface area is 112 Å². The minimum atomic E-state index is 0.596. The Balaban J connectivity index is 1.48. The molecule has 1 aromatic heterocycles. The van der Waals surface area contributed by atoms with Crippen molar-refractivity contribution in [2.75, 3.05) is 0 Å². The van der Waals surface area contributed by atoms with Crippen LogP contribution < -0.4 is 5.32 Å². The Morgan fingerprint density at radius 1 is 1.22 bits per heavy atom. The topological polar surface area (TPSA) is 25.2 Å². The molecule has 0 spiro atoms. The van der Waals surface area contributed by atoms with Crippen LogP contribution in [0.4, 0.5) is 0 Å². The molecule has 3 rings (SSSR count). The number of rotatable bonds is 4. The molecule has 0 unspecified atom stereocenters. The van der Waals surface area contributed by atoms with E-state index in [-0.39, 0.29) is 0 Å². The fourth-order valence-corrected chi connectivity index (χ4v) is 2.67. The molecule has 1 N–H and O–H groups in total. The summed E-state index contributed by atoms with van der Waals surface area (Å²) in [7, 11) is 0. The fourth-order valence-electron chi connectivity index (χ4n) is 2.48. The number of hydrogen-bond acceptors (Lipinski definition) is 2. The Morgan fingerprint density at radius 3 is 2.83 bits per heavy atom. The Kier molecular flexibility index (Phi) is 3.39. The van der Waals surface area contributed by atoms with Gasteiger partial charge in [0.15, 0.2) is 0 Å². The summed E-state index contributed by atoms with van der Waals surface area (Å²) in [5.74, 6) is 1.65. The average Bonchev–Trinajstić information content (AvgIpc) is 2.80. The van der Waals surface area contributed by atoms with Crippen LogP contribution >= 0.6 is 11.6 Å². The van der Waals surface area contributed by atoms with Gasteiger partial charge in [0.2, 0.25) is 0 Å². The highest BCUT2D eigenvalue weighted by Gasteiger charge is 2.29. The van der Waals surface area contributed by atoms with E-state index < -0.39 is 0 Å². The van der Waals surface area contributed by atoms with Crippen LogP contribution in [0.15, 0.2) is 47.1 Å². The van der Waals surface area contributed by atoms with Gasteiger partial charge in [-0.2, -0.15) is 0 Å². The summed E-state index contributed by atoms with van der Waals surface area (Å²) in [4.78, 5) is 0. The summed E-state index contributed by atoms with van der Waals surface area (Å²) >= 11 is 6.01. The van der Waals surface area contributed by atoms with E-state index in [9.17, 15) is 0 Å². The first kappa shape index (κ1) is 11.8. The molecule has 1 aliphatic carbocycles. The molecule has 1 fully saturated rings. The highest BCUT2D eigenvalue weighted by atomic mass is 35.5. The lowest BCUT2D eigenvalue weighted by atomic mass is 9.76. The SMILES string of the molecule is Clc1cccc(C2CC(NCc3ccco3)C2)c1. The molecule has 2 nitrogen and oxygen atoms in total. The molecule has 0 bridgehead atoms. The molecule has 1 aliphatic rings. The normalized spacial score (nSPS) is 22.7. The van der Waals surface area contributed by atoms with Gasteiger partial charge >= 0.3 is 0 Å². The number of nitrogens with one attached hydrogen (secondary N) is 1. The van der Waals surface area contributed by atoms with Gasteiger partial charge in [0.05, 0.1) is 12.8 Å². The van der Waals surface area contributed by atoms with Crippen LogP contribution in [-0.4, -0.2) is 6.04 Å². The second kappa shape index (κ2) is 5.17. The van der Waals surface area contributed by atoms with Crippen molar-refractivity contribution in [1.29, 1.82) is 0 Å². The molecule has 1 heterocycles. The lowest BCUT2D eigenvalue weighted by molar-refractivity contribution is 0.281. The van der Waals surface area contributed by atoms with Gasteiger partial charge in [-0.1, -0.05) is 23.7 Å². The predicted molar refractivity (Wildman–Crippen MR) is 72.8 cm³/mol. The van der Waals surface area contributed by atoms with Crippen LogP contribution in [-0.2, 0) is 6.54 Å². The molecule has 0 saturated heterocycles. The first-order valence-electron chi connectivity index (χ1n) is 6.32. The lowest BCUT2D eigenvalue weighted by Crippen LogP contribution is -2.39. The lowest BCUT2D eigenvalue weighted by Gasteiger charge is -2.36. The molecule has 0 radical (unpaired) electrons. The Bertz CT molecular complexity index is 503. The third kappa shape index (κ3) is 2.60. The first-order valence-corrected chi connectivity index (χ1v) is 6.70. The number of hydrogen-bond donors (Lipinski definition) is 1. The molecule has 18 heavy (non-hydrogen) atoms. The monoisotopic (exact) mass is 261 g/mol. The zero-order valence-electron chi connectivity index (χ0n) is 10.1. The van der Waals surface area contributed by atoms with Crippen LogP contribution in [0, 0.1) is 0 Å². The molecule has 3 heteroatoms. The maximum Gasteiger partial charge on any atom is 0.117 e. The fraction of sp³-hybridized carbons (Fsp3) is 0.333. The van der Waals surface area contributed by atoms with Crippen molar-refractivity contribution in [2.45, 2.75) is 31.3 Å². The molecule has 0 atom stereocenters. The molecule has 1 saturated carbocycles. The van der Waals surface area contributed by atoms with Gasteiger partial charge < -0.3 is 9.73 Å². The molecular weight excluding hydrogens is 246 g/mol. The summed E-state index contributed by atoms with van der Waals surface area (Å²) in [5, 5.41) is 4.34. The zero-order valence-corrected chi connectivity index (χ0v) is 10.9. The van der Waals surface area contributed by atoms with Gasteiger partial charge in [-0.15, -0.1) is 0 Å². The third-order valence-corrected chi connectivity index (χ3v) is 3.84.